The summed E-state index contributed by atoms with van der Waals surface area (Å²) < 4.78 is 56.2. The zero-order chi connectivity index (χ0) is 34.3. The number of aliphatic hydroxyl groups excluding tert-OH is 6. The Morgan fingerprint density at radius 3 is 1.87 bits per heavy atom. The normalized spacial score (nSPS) is 31.1. The second-order valence-electron chi connectivity index (χ2n) is 10.9. The predicted octanol–water partition coefficient (Wildman–Crippen LogP) is -0.980. The molecule has 6 N–H and O–H groups in total. The van der Waals surface area contributed by atoms with Crippen molar-refractivity contribution in [3.05, 3.63) is 22.4 Å². The summed E-state index contributed by atoms with van der Waals surface area (Å²) in [5, 5.41) is 62.2. The molecule has 47 heavy (non-hydrogen) atoms. The van der Waals surface area contributed by atoms with Gasteiger partial charge in [-0.25, -0.2) is 0 Å². The summed E-state index contributed by atoms with van der Waals surface area (Å²) in [5.74, 6) is 0.143. The summed E-state index contributed by atoms with van der Waals surface area (Å²) in [6.07, 6.45) is -15.3. The minimum absolute atomic E-state index is 0.0265. The van der Waals surface area contributed by atoms with Crippen molar-refractivity contribution in [3.63, 3.8) is 0 Å². The molecule has 10 atom stereocenters. The van der Waals surface area contributed by atoms with Crippen molar-refractivity contribution in [2.75, 3.05) is 42.2 Å². The van der Waals surface area contributed by atoms with Gasteiger partial charge in [0.05, 0.1) is 48.3 Å². The molecule has 5 rings (SSSR count). The molecular formula is C30H38O17. The number of methoxy groups -OCH3 is 5. The van der Waals surface area contributed by atoms with Crippen LogP contribution >= 0.6 is 0 Å². The average Bonchev–Trinajstić information content (AvgIpc) is 3.07. The number of benzene rings is 2. The highest BCUT2D eigenvalue weighted by Gasteiger charge is 2.47. The Morgan fingerprint density at radius 1 is 0.660 bits per heavy atom. The van der Waals surface area contributed by atoms with Gasteiger partial charge in [-0.1, -0.05) is 0 Å². The summed E-state index contributed by atoms with van der Waals surface area (Å²) in [4.78, 5) is 14.2. The molecule has 0 spiro atoms. The van der Waals surface area contributed by atoms with Gasteiger partial charge in [0.15, 0.2) is 17.6 Å². The van der Waals surface area contributed by atoms with Gasteiger partial charge in [-0.2, -0.15) is 0 Å². The molecule has 0 aliphatic carbocycles. The third kappa shape index (κ3) is 5.98. The SMILES string of the molecule is COc1cc(OC2OC(COC3OC(C)C(O)C(O)C3O)C(O)C(O)C2O)c2c(=O)c3c(OC)c(OC)c(OC)c(OC)c3oc2c1. The van der Waals surface area contributed by atoms with E-state index >= 15 is 0 Å². The van der Waals surface area contributed by atoms with Gasteiger partial charge in [0.2, 0.25) is 29.0 Å². The van der Waals surface area contributed by atoms with Crippen molar-refractivity contribution in [1.29, 1.82) is 0 Å². The van der Waals surface area contributed by atoms with Crippen LogP contribution in [0.5, 0.6) is 34.5 Å². The highest BCUT2D eigenvalue weighted by Crippen LogP contribution is 2.51. The van der Waals surface area contributed by atoms with Gasteiger partial charge in [-0.15, -0.1) is 0 Å². The lowest BCUT2D eigenvalue weighted by atomic mass is 9.98. The maximum absolute atomic E-state index is 14.2. The van der Waals surface area contributed by atoms with Crippen LogP contribution < -0.4 is 33.8 Å². The molecular weight excluding hydrogens is 632 g/mol. The smallest absolute Gasteiger partial charge is 0.229 e. The van der Waals surface area contributed by atoms with Gasteiger partial charge in [-0.3, -0.25) is 4.79 Å². The molecule has 10 unspecified atom stereocenters. The summed E-state index contributed by atoms with van der Waals surface area (Å²) in [6.45, 7) is 0.939. The molecule has 1 aromatic heterocycles. The van der Waals surface area contributed by atoms with Crippen LogP contribution in [0.3, 0.4) is 0 Å². The zero-order valence-corrected chi connectivity index (χ0v) is 26.3. The first kappa shape index (κ1) is 34.7. The molecule has 0 radical (unpaired) electrons. The Morgan fingerprint density at radius 2 is 1.26 bits per heavy atom. The van der Waals surface area contributed by atoms with Gasteiger partial charge in [0.25, 0.3) is 0 Å². The number of hydrogen-bond acceptors (Lipinski definition) is 17. The monoisotopic (exact) mass is 670 g/mol. The lowest BCUT2D eigenvalue weighted by Crippen LogP contribution is -2.61. The lowest BCUT2D eigenvalue weighted by molar-refractivity contribution is -0.318. The number of hydrogen-bond donors (Lipinski definition) is 6. The Hall–Kier alpha value is -3.65. The molecule has 17 nitrogen and oxygen atoms in total. The molecule has 0 amide bonds. The zero-order valence-electron chi connectivity index (χ0n) is 26.3. The van der Waals surface area contributed by atoms with E-state index in [1.54, 1.807) is 0 Å². The lowest BCUT2D eigenvalue weighted by Gasteiger charge is -2.42. The van der Waals surface area contributed by atoms with Gasteiger partial charge < -0.3 is 77.7 Å². The van der Waals surface area contributed by atoms with E-state index in [4.69, 9.17) is 47.0 Å². The Labute approximate surface area is 267 Å². The minimum Gasteiger partial charge on any atom is -0.496 e. The second kappa shape index (κ2) is 13.8. The Kier molecular flexibility index (Phi) is 10.2. The van der Waals surface area contributed by atoms with E-state index < -0.39 is 73.4 Å². The minimum atomic E-state index is -1.83. The quantitative estimate of drug-likeness (QED) is 0.142. The number of fused-ring (bicyclic) bond motifs is 2. The Balaban J connectivity index is 1.54. The van der Waals surface area contributed by atoms with Crippen LogP contribution in [0.2, 0.25) is 0 Å². The molecule has 0 saturated carbocycles. The van der Waals surface area contributed by atoms with Crippen molar-refractivity contribution < 1.29 is 77.7 Å². The fraction of sp³-hybridized carbons (Fsp3) is 0.567. The van der Waals surface area contributed by atoms with Crippen LogP contribution in [-0.4, -0.2) is 134 Å². The number of rotatable bonds is 10. The first-order valence-corrected chi connectivity index (χ1v) is 14.4. The predicted molar refractivity (Wildman–Crippen MR) is 158 cm³/mol. The van der Waals surface area contributed by atoms with Crippen LogP contribution in [0.4, 0.5) is 0 Å². The van der Waals surface area contributed by atoms with Crippen LogP contribution in [0.25, 0.3) is 21.9 Å². The highest BCUT2D eigenvalue weighted by atomic mass is 16.7. The van der Waals surface area contributed by atoms with Crippen LogP contribution in [-0.2, 0) is 14.2 Å². The van der Waals surface area contributed by atoms with E-state index in [0.29, 0.717) is 0 Å². The molecule has 3 aromatic rings. The maximum Gasteiger partial charge on any atom is 0.229 e. The molecule has 0 bridgehead atoms. The van der Waals surface area contributed by atoms with Crippen molar-refractivity contribution >= 4 is 21.9 Å². The van der Waals surface area contributed by atoms with Crippen molar-refractivity contribution in [1.82, 2.24) is 0 Å². The van der Waals surface area contributed by atoms with Gasteiger partial charge in [-0.05, 0) is 6.92 Å². The molecule has 2 aliphatic rings. The topological polar surface area (TPSA) is 235 Å². The van der Waals surface area contributed by atoms with Crippen LogP contribution in [0.15, 0.2) is 21.3 Å². The second-order valence-corrected chi connectivity index (χ2v) is 10.9. The van der Waals surface area contributed by atoms with Crippen molar-refractivity contribution in [2.45, 2.75) is 68.3 Å². The average molecular weight is 671 g/mol. The van der Waals surface area contributed by atoms with Gasteiger partial charge in [0, 0.05) is 12.1 Å². The number of aliphatic hydroxyl groups is 6. The van der Waals surface area contributed by atoms with E-state index in [0.717, 1.165) is 0 Å². The molecule has 17 heteroatoms. The molecule has 3 heterocycles. The van der Waals surface area contributed by atoms with Gasteiger partial charge in [0.1, 0.15) is 70.6 Å². The maximum atomic E-state index is 14.2. The van der Waals surface area contributed by atoms with Crippen LogP contribution in [0.1, 0.15) is 6.92 Å². The molecule has 260 valence electrons. The first-order chi connectivity index (χ1) is 22.4. The van der Waals surface area contributed by atoms with Crippen LogP contribution in [0, 0.1) is 0 Å². The van der Waals surface area contributed by atoms with E-state index in [1.807, 2.05) is 0 Å². The third-order valence-electron chi connectivity index (χ3n) is 8.18. The number of ether oxygens (including phenoxy) is 9. The summed E-state index contributed by atoms with van der Waals surface area (Å²) in [5.41, 5.74) is -0.741. The molecule has 2 aromatic carbocycles. The highest BCUT2D eigenvalue weighted by molar-refractivity contribution is 6.02. The fourth-order valence-electron chi connectivity index (χ4n) is 5.63. The summed E-state index contributed by atoms with van der Waals surface area (Å²) >= 11 is 0. The summed E-state index contributed by atoms with van der Waals surface area (Å²) in [6, 6.07) is 2.75. The molecule has 2 fully saturated rings. The largest absolute Gasteiger partial charge is 0.496 e. The molecule has 2 saturated heterocycles. The standard InChI is InChI=1S/C30H38O17/c1-10-17(31)20(34)22(36)29(44-10)43-9-14-18(32)21(35)23(37)30(47-14)46-13-8-11(38-2)7-12-15(13)19(33)16-24(39-3)26(40-4)28(42-6)27(41-5)25(16)45-12/h7-8,10,14,17-18,20-23,29-32,34-37H,9H2,1-6H3. The third-order valence-corrected chi connectivity index (χ3v) is 8.18. The van der Waals surface area contributed by atoms with E-state index in [9.17, 15) is 35.4 Å². The van der Waals surface area contributed by atoms with E-state index in [2.05, 4.69) is 0 Å². The van der Waals surface area contributed by atoms with E-state index in [1.165, 1.54) is 54.6 Å². The molecule has 2 aliphatic heterocycles. The van der Waals surface area contributed by atoms with Gasteiger partial charge >= 0.3 is 0 Å². The first-order valence-electron chi connectivity index (χ1n) is 14.4. The van der Waals surface area contributed by atoms with E-state index in [-0.39, 0.29) is 56.4 Å². The fourth-order valence-corrected chi connectivity index (χ4v) is 5.63. The van der Waals surface area contributed by atoms with Crippen molar-refractivity contribution in [2.24, 2.45) is 0 Å². The van der Waals surface area contributed by atoms with Crippen molar-refractivity contribution in [3.8, 4) is 34.5 Å². The Bertz CT molecular complexity index is 1640. The summed E-state index contributed by atoms with van der Waals surface area (Å²) in [7, 11) is 6.75.